The Morgan fingerprint density at radius 3 is 2.67 bits per heavy atom. The van der Waals surface area contributed by atoms with Gasteiger partial charge >= 0.3 is 0 Å². The van der Waals surface area contributed by atoms with Crippen molar-refractivity contribution in [2.45, 2.75) is 6.92 Å². The number of aryl methyl sites for hydroxylation is 1. The monoisotopic (exact) mass is 369 g/mol. The number of para-hydroxylation sites is 1. The molecule has 0 spiro atoms. The van der Waals surface area contributed by atoms with Crippen molar-refractivity contribution in [2.24, 2.45) is 5.10 Å². The van der Waals surface area contributed by atoms with Crippen LogP contribution in [0.1, 0.15) is 10.4 Å². The molecule has 9 heteroatoms. The Hall–Kier alpha value is -2.26. The minimum Gasteiger partial charge on any atom is -0.271 e. The van der Waals surface area contributed by atoms with Crippen molar-refractivity contribution in [3.05, 3.63) is 52.0 Å². The molecule has 0 bridgehead atoms. The van der Waals surface area contributed by atoms with Crippen molar-refractivity contribution in [2.75, 3.05) is 17.1 Å². The third-order valence-electron chi connectivity index (χ3n) is 3.08. The number of nitrogens with one attached hydrogen (secondary N) is 1. The molecule has 0 aliphatic heterocycles. The summed E-state index contributed by atoms with van der Waals surface area (Å²) in [5.74, 6) is -1.40. The molecule has 0 unspecified atom stereocenters. The Bertz CT molecular complexity index is 862. The highest BCUT2D eigenvalue weighted by Crippen LogP contribution is 2.20. The van der Waals surface area contributed by atoms with Gasteiger partial charge in [-0.25, -0.2) is 18.2 Å². The predicted molar refractivity (Wildman–Crippen MR) is 93.4 cm³/mol. The second kappa shape index (κ2) is 7.54. The summed E-state index contributed by atoms with van der Waals surface area (Å²) >= 11 is 1.46. The van der Waals surface area contributed by atoms with E-state index in [1.165, 1.54) is 35.8 Å². The maximum atomic E-state index is 13.8. The van der Waals surface area contributed by atoms with Gasteiger partial charge < -0.3 is 0 Å². The molecule has 1 amide bonds. The van der Waals surface area contributed by atoms with Crippen LogP contribution in [-0.2, 0) is 14.8 Å². The Labute approximate surface area is 143 Å². The fraction of sp³-hybridized carbons (Fsp3) is 0.200. The number of sulfonamides is 1. The number of hydrogen-bond donors (Lipinski definition) is 1. The number of hydrogen-bond acceptors (Lipinski definition) is 5. The van der Waals surface area contributed by atoms with Gasteiger partial charge in [-0.05, 0) is 36.1 Å². The summed E-state index contributed by atoms with van der Waals surface area (Å²) in [4.78, 5) is 12.8. The van der Waals surface area contributed by atoms with Crippen molar-refractivity contribution < 1.29 is 17.6 Å². The molecule has 1 N–H and O–H groups in total. The Morgan fingerprint density at radius 2 is 2.08 bits per heavy atom. The van der Waals surface area contributed by atoms with Crippen molar-refractivity contribution in [1.82, 2.24) is 5.43 Å². The zero-order valence-corrected chi connectivity index (χ0v) is 14.7. The number of amides is 1. The van der Waals surface area contributed by atoms with Crippen molar-refractivity contribution in [1.29, 1.82) is 0 Å². The molecule has 128 valence electrons. The fourth-order valence-corrected chi connectivity index (χ4v) is 3.52. The predicted octanol–water partition coefficient (Wildman–Crippen LogP) is 2.11. The number of carbonyl (C=O) groups is 1. The van der Waals surface area contributed by atoms with Gasteiger partial charge in [0.1, 0.15) is 12.4 Å². The first-order valence-electron chi connectivity index (χ1n) is 6.87. The normalized spacial score (nSPS) is 11.6. The standard InChI is InChI=1S/C15H16FN3O3S2/c1-11-7-8-23-14(11)9-17-18-15(20)10-19(24(2,21)22)13-6-4-3-5-12(13)16/h3-9H,10H2,1-2H3,(H,18,20)/b17-9-. The van der Waals surface area contributed by atoms with E-state index in [2.05, 4.69) is 10.5 Å². The molecule has 0 saturated heterocycles. The summed E-state index contributed by atoms with van der Waals surface area (Å²) in [5.41, 5.74) is 3.08. The number of thiophene rings is 1. The van der Waals surface area contributed by atoms with Crippen molar-refractivity contribution >= 4 is 39.2 Å². The second-order valence-electron chi connectivity index (χ2n) is 4.98. The number of halogens is 1. The van der Waals surface area contributed by atoms with E-state index < -0.39 is 28.3 Å². The summed E-state index contributed by atoms with van der Waals surface area (Å²) in [6.07, 6.45) is 2.39. The molecule has 6 nitrogen and oxygen atoms in total. The topological polar surface area (TPSA) is 78.8 Å². The summed E-state index contributed by atoms with van der Waals surface area (Å²) in [6.45, 7) is 1.34. The highest BCUT2D eigenvalue weighted by Gasteiger charge is 2.23. The van der Waals surface area contributed by atoms with Gasteiger partial charge in [-0.3, -0.25) is 9.10 Å². The summed E-state index contributed by atoms with van der Waals surface area (Å²) in [6, 6.07) is 7.27. The van der Waals surface area contributed by atoms with Crippen LogP contribution in [0.3, 0.4) is 0 Å². The molecule has 24 heavy (non-hydrogen) atoms. The van der Waals surface area contributed by atoms with Crippen LogP contribution in [0.25, 0.3) is 0 Å². The molecule has 2 rings (SSSR count). The summed E-state index contributed by atoms with van der Waals surface area (Å²) in [5, 5.41) is 5.69. The lowest BCUT2D eigenvalue weighted by atomic mass is 10.3. The van der Waals surface area contributed by atoms with Gasteiger partial charge in [-0.15, -0.1) is 11.3 Å². The number of benzene rings is 1. The van der Waals surface area contributed by atoms with Gasteiger partial charge in [0.15, 0.2) is 0 Å². The minimum absolute atomic E-state index is 0.187. The highest BCUT2D eigenvalue weighted by atomic mass is 32.2. The van der Waals surface area contributed by atoms with Crippen LogP contribution in [0.4, 0.5) is 10.1 Å². The van der Waals surface area contributed by atoms with Gasteiger partial charge in [-0.1, -0.05) is 12.1 Å². The molecular formula is C15H16FN3O3S2. The maximum absolute atomic E-state index is 13.8. The number of anilines is 1. The van der Waals surface area contributed by atoms with E-state index >= 15 is 0 Å². The number of nitrogens with zero attached hydrogens (tertiary/aromatic N) is 2. The van der Waals surface area contributed by atoms with Crippen LogP contribution in [-0.4, -0.2) is 33.3 Å². The number of carbonyl (C=O) groups excluding carboxylic acids is 1. The fourth-order valence-electron chi connectivity index (χ4n) is 1.88. The molecule has 0 saturated carbocycles. The van der Waals surface area contributed by atoms with E-state index in [0.29, 0.717) is 4.31 Å². The van der Waals surface area contributed by atoms with Gasteiger partial charge in [0, 0.05) is 4.88 Å². The molecule has 1 aromatic heterocycles. The van der Waals surface area contributed by atoms with Gasteiger partial charge in [0.25, 0.3) is 5.91 Å². The first-order chi connectivity index (χ1) is 11.3. The molecule has 0 radical (unpaired) electrons. The van der Waals surface area contributed by atoms with E-state index in [1.54, 1.807) is 0 Å². The average Bonchev–Trinajstić information content (AvgIpc) is 2.90. The SMILES string of the molecule is Cc1ccsc1/C=N\NC(=O)CN(c1ccccc1F)S(C)(=O)=O. The summed E-state index contributed by atoms with van der Waals surface area (Å²) in [7, 11) is -3.83. The van der Waals surface area contributed by atoms with Crippen LogP contribution in [0.2, 0.25) is 0 Å². The minimum atomic E-state index is -3.83. The molecule has 1 heterocycles. The van der Waals surface area contributed by atoms with Crippen LogP contribution >= 0.6 is 11.3 Å². The van der Waals surface area contributed by atoms with Gasteiger partial charge in [0.2, 0.25) is 10.0 Å². The molecule has 0 aliphatic carbocycles. The van der Waals surface area contributed by atoms with Gasteiger partial charge in [0.05, 0.1) is 18.2 Å². The lowest BCUT2D eigenvalue weighted by Gasteiger charge is -2.21. The zero-order valence-electron chi connectivity index (χ0n) is 13.1. The maximum Gasteiger partial charge on any atom is 0.260 e. The van der Waals surface area contributed by atoms with Crippen molar-refractivity contribution in [3.8, 4) is 0 Å². The average molecular weight is 369 g/mol. The Morgan fingerprint density at radius 1 is 1.38 bits per heavy atom. The first kappa shape index (κ1) is 18.1. The van der Waals surface area contributed by atoms with Crippen LogP contribution < -0.4 is 9.73 Å². The number of rotatable bonds is 6. The second-order valence-corrected chi connectivity index (χ2v) is 7.84. The lowest BCUT2D eigenvalue weighted by molar-refractivity contribution is -0.119. The van der Waals surface area contributed by atoms with Crippen molar-refractivity contribution in [3.63, 3.8) is 0 Å². The largest absolute Gasteiger partial charge is 0.271 e. The first-order valence-corrected chi connectivity index (χ1v) is 9.60. The van der Waals surface area contributed by atoms with E-state index in [1.807, 2.05) is 18.4 Å². The molecular weight excluding hydrogens is 353 g/mol. The smallest absolute Gasteiger partial charge is 0.260 e. The number of hydrazone groups is 1. The molecule has 2 aromatic rings. The van der Waals surface area contributed by atoms with Crippen LogP contribution in [0, 0.1) is 12.7 Å². The quantitative estimate of drug-likeness (QED) is 0.626. The third kappa shape index (κ3) is 4.62. The highest BCUT2D eigenvalue weighted by molar-refractivity contribution is 7.92. The van der Waals surface area contributed by atoms with Crippen LogP contribution in [0.15, 0.2) is 40.8 Å². The van der Waals surface area contributed by atoms with E-state index in [9.17, 15) is 17.6 Å². The third-order valence-corrected chi connectivity index (χ3v) is 5.16. The van der Waals surface area contributed by atoms with Crippen LogP contribution in [0.5, 0.6) is 0 Å². The molecule has 1 aromatic carbocycles. The molecule has 0 aliphatic rings. The lowest BCUT2D eigenvalue weighted by Crippen LogP contribution is -2.39. The van der Waals surface area contributed by atoms with Gasteiger partial charge in [-0.2, -0.15) is 5.10 Å². The zero-order chi connectivity index (χ0) is 17.7. The summed E-state index contributed by atoms with van der Waals surface area (Å²) < 4.78 is 38.3. The Kier molecular flexibility index (Phi) is 5.68. The molecule has 0 atom stereocenters. The van der Waals surface area contributed by atoms with E-state index in [0.717, 1.165) is 22.8 Å². The van der Waals surface area contributed by atoms with E-state index in [4.69, 9.17) is 0 Å². The Balaban J connectivity index is 2.10. The van der Waals surface area contributed by atoms with E-state index in [-0.39, 0.29) is 5.69 Å². The molecule has 0 fully saturated rings.